The van der Waals surface area contributed by atoms with Crippen molar-refractivity contribution in [3.8, 4) is 5.69 Å². The molecule has 3 aromatic rings. The Morgan fingerprint density at radius 2 is 1.82 bits per heavy atom. The molecule has 0 unspecified atom stereocenters. The lowest BCUT2D eigenvalue weighted by molar-refractivity contribution is 0.0459. The number of para-hydroxylation sites is 1. The zero-order valence-electron chi connectivity index (χ0n) is 11.4. The standard InChI is InChI=1S/C15H11ClN4O2/c16-13-9-5-4-8-12(13)15(21)22-10-14-17-18-19-20(14)11-6-2-1-3-7-11/h1-9H,10H2. The average molecular weight is 315 g/mol. The number of carbonyl (C=O) groups is 1. The van der Waals surface area contributed by atoms with Crippen LogP contribution in [0.5, 0.6) is 0 Å². The highest BCUT2D eigenvalue weighted by atomic mass is 35.5. The van der Waals surface area contributed by atoms with Gasteiger partial charge in [0.1, 0.15) is 0 Å². The van der Waals surface area contributed by atoms with Gasteiger partial charge in [0.25, 0.3) is 0 Å². The van der Waals surface area contributed by atoms with Gasteiger partial charge in [-0.05, 0) is 34.7 Å². The van der Waals surface area contributed by atoms with Crippen LogP contribution in [0.1, 0.15) is 16.2 Å². The summed E-state index contributed by atoms with van der Waals surface area (Å²) in [5.74, 6) is -0.0974. The summed E-state index contributed by atoms with van der Waals surface area (Å²) in [5.41, 5.74) is 1.10. The molecule has 1 aromatic heterocycles. The van der Waals surface area contributed by atoms with Gasteiger partial charge < -0.3 is 4.74 Å². The first-order valence-electron chi connectivity index (χ1n) is 6.50. The number of benzene rings is 2. The van der Waals surface area contributed by atoms with Gasteiger partial charge in [0, 0.05) is 0 Å². The molecule has 0 atom stereocenters. The number of carbonyl (C=O) groups excluding carboxylic acids is 1. The van der Waals surface area contributed by atoms with Gasteiger partial charge in [0.05, 0.1) is 16.3 Å². The van der Waals surface area contributed by atoms with Crippen molar-refractivity contribution in [3.05, 3.63) is 71.0 Å². The molecule has 0 N–H and O–H groups in total. The van der Waals surface area contributed by atoms with E-state index < -0.39 is 5.97 Å². The highest BCUT2D eigenvalue weighted by molar-refractivity contribution is 6.33. The number of hydrogen-bond donors (Lipinski definition) is 0. The highest BCUT2D eigenvalue weighted by Gasteiger charge is 2.14. The van der Waals surface area contributed by atoms with E-state index in [9.17, 15) is 4.79 Å². The molecule has 0 spiro atoms. The van der Waals surface area contributed by atoms with Crippen LogP contribution < -0.4 is 0 Å². The Morgan fingerprint density at radius 1 is 1.09 bits per heavy atom. The first-order chi connectivity index (χ1) is 10.8. The van der Waals surface area contributed by atoms with E-state index >= 15 is 0 Å². The Kier molecular flexibility index (Phi) is 4.11. The van der Waals surface area contributed by atoms with Crippen LogP contribution in [0, 0.1) is 0 Å². The third-order valence-electron chi connectivity index (χ3n) is 2.96. The molecular formula is C15H11ClN4O2. The first-order valence-corrected chi connectivity index (χ1v) is 6.88. The molecule has 6 nitrogen and oxygen atoms in total. The predicted octanol–water partition coefficient (Wildman–Crippen LogP) is 2.67. The van der Waals surface area contributed by atoms with Crippen LogP contribution in [-0.2, 0) is 11.3 Å². The zero-order chi connectivity index (χ0) is 15.4. The van der Waals surface area contributed by atoms with Gasteiger partial charge in [-0.2, -0.15) is 4.68 Å². The third-order valence-corrected chi connectivity index (χ3v) is 3.29. The SMILES string of the molecule is O=C(OCc1nnnn1-c1ccccc1)c1ccccc1Cl. The predicted molar refractivity (Wildman–Crippen MR) is 79.7 cm³/mol. The smallest absolute Gasteiger partial charge is 0.340 e. The van der Waals surface area contributed by atoms with Crippen LogP contribution in [-0.4, -0.2) is 26.2 Å². The second-order valence-electron chi connectivity index (χ2n) is 4.40. The van der Waals surface area contributed by atoms with E-state index in [-0.39, 0.29) is 6.61 Å². The molecule has 1 heterocycles. The lowest BCUT2D eigenvalue weighted by Gasteiger charge is -2.06. The maximum Gasteiger partial charge on any atom is 0.340 e. The summed E-state index contributed by atoms with van der Waals surface area (Å²) >= 11 is 5.96. The highest BCUT2D eigenvalue weighted by Crippen LogP contribution is 2.16. The van der Waals surface area contributed by atoms with Gasteiger partial charge >= 0.3 is 5.97 Å². The Balaban J connectivity index is 1.75. The van der Waals surface area contributed by atoms with Crippen LogP contribution in [0.25, 0.3) is 5.69 Å². The maximum atomic E-state index is 12.0. The molecule has 110 valence electrons. The van der Waals surface area contributed by atoms with E-state index in [1.54, 1.807) is 24.3 Å². The number of aromatic nitrogens is 4. The second kappa shape index (κ2) is 6.36. The van der Waals surface area contributed by atoms with E-state index in [4.69, 9.17) is 16.3 Å². The Morgan fingerprint density at radius 3 is 2.59 bits per heavy atom. The van der Waals surface area contributed by atoms with E-state index in [2.05, 4.69) is 15.5 Å². The summed E-state index contributed by atoms with van der Waals surface area (Å²) in [7, 11) is 0. The quantitative estimate of drug-likeness (QED) is 0.692. The summed E-state index contributed by atoms with van der Waals surface area (Å²) in [6.45, 7) is -0.0497. The number of halogens is 1. The Bertz CT molecular complexity index is 789. The summed E-state index contributed by atoms with van der Waals surface area (Å²) < 4.78 is 6.74. The topological polar surface area (TPSA) is 69.9 Å². The molecule has 0 aliphatic rings. The van der Waals surface area contributed by atoms with E-state index in [1.165, 1.54) is 4.68 Å². The molecule has 0 aliphatic carbocycles. The van der Waals surface area contributed by atoms with Crippen LogP contribution >= 0.6 is 11.6 Å². The van der Waals surface area contributed by atoms with E-state index in [1.807, 2.05) is 30.3 Å². The maximum absolute atomic E-state index is 12.0. The molecule has 0 saturated heterocycles. The molecule has 0 saturated carbocycles. The fraction of sp³-hybridized carbons (Fsp3) is 0.0667. The molecule has 0 bridgehead atoms. The minimum Gasteiger partial charge on any atom is -0.454 e. The lowest BCUT2D eigenvalue weighted by Crippen LogP contribution is -2.10. The molecular weight excluding hydrogens is 304 g/mol. The van der Waals surface area contributed by atoms with Crippen molar-refractivity contribution in [1.82, 2.24) is 20.2 Å². The normalized spacial score (nSPS) is 10.4. The van der Waals surface area contributed by atoms with Gasteiger partial charge in [-0.1, -0.05) is 41.9 Å². The van der Waals surface area contributed by atoms with Crippen molar-refractivity contribution in [1.29, 1.82) is 0 Å². The Labute approximate surface area is 131 Å². The van der Waals surface area contributed by atoms with Gasteiger partial charge in [-0.15, -0.1) is 5.10 Å². The summed E-state index contributed by atoms with van der Waals surface area (Å²) in [4.78, 5) is 12.0. The first kappa shape index (κ1) is 14.2. The molecule has 0 amide bonds. The van der Waals surface area contributed by atoms with Gasteiger partial charge in [0.2, 0.25) is 0 Å². The van der Waals surface area contributed by atoms with Crippen molar-refractivity contribution in [3.63, 3.8) is 0 Å². The Hall–Kier alpha value is -2.73. The molecule has 22 heavy (non-hydrogen) atoms. The molecule has 3 rings (SSSR count). The number of nitrogens with zero attached hydrogens (tertiary/aromatic N) is 4. The monoisotopic (exact) mass is 314 g/mol. The van der Waals surface area contributed by atoms with Gasteiger partial charge in [0.15, 0.2) is 12.4 Å². The number of hydrogen-bond acceptors (Lipinski definition) is 5. The minimum atomic E-state index is -0.520. The molecule has 2 aromatic carbocycles. The van der Waals surface area contributed by atoms with Crippen molar-refractivity contribution in [2.75, 3.05) is 0 Å². The molecule has 0 fully saturated rings. The van der Waals surface area contributed by atoms with E-state index in [0.717, 1.165) is 5.69 Å². The largest absolute Gasteiger partial charge is 0.454 e. The van der Waals surface area contributed by atoms with Crippen molar-refractivity contribution < 1.29 is 9.53 Å². The lowest BCUT2D eigenvalue weighted by atomic mass is 10.2. The van der Waals surface area contributed by atoms with Crippen molar-refractivity contribution >= 4 is 17.6 Å². The van der Waals surface area contributed by atoms with Crippen molar-refractivity contribution in [2.24, 2.45) is 0 Å². The fourth-order valence-corrected chi connectivity index (χ4v) is 2.11. The number of tetrazole rings is 1. The minimum absolute atomic E-state index is 0.0497. The molecule has 0 aliphatic heterocycles. The summed E-state index contributed by atoms with van der Waals surface area (Å²) in [6.07, 6.45) is 0. The van der Waals surface area contributed by atoms with Crippen LogP contribution in [0.3, 0.4) is 0 Å². The third kappa shape index (κ3) is 2.96. The number of esters is 1. The number of rotatable bonds is 4. The van der Waals surface area contributed by atoms with E-state index in [0.29, 0.717) is 16.4 Å². The second-order valence-corrected chi connectivity index (χ2v) is 4.81. The average Bonchev–Trinajstić information content (AvgIpc) is 3.02. The van der Waals surface area contributed by atoms with Gasteiger partial charge in [-0.25, -0.2) is 4.79 Å². The summed E-state index contributed by atoms with van der Waals surface area (Å²) in [5, 5.41) is 11.7. The molecule has 7 heteroatoms. The summed E-state index contributed by atoms with van der Waals surface area (Å²) in [6, 6.07) is 16.0. The van der Waals surface area contributed by atoms with Crippen LogP contribution in [0.15, 0.2) is 54.6 Å². The van der Waals surface area contributed by atoms with Crippen molar-refractivity contribution in [2.45, 2.75) is 6.61 Å². The van der Waals surface area contributed by atoms with Crippen LogP contribution in [0.4, 0.5) is 0 Å². The molecule has 0 radical (unpaired) electrons. The number of ether oxygens (including phenoxy) is 1. The van der Waals surface area contributed by atoms with Gasteiger partial charge in [-0.3, -0.25) is 0 Å². The fourth-order valence-electron chi connectivity index (χ4n) is 1.90. The van der Waals surface area contributed by atoms with Crippen LogP contribution in [0.2, 0.25) is 5.02 Å². The zero-order valence-corrected chi connectivity index (χ0v) is 12.1.